The number of nitrogens with zero attached hydrogens (tertiary/aromatic N) is 3. The van der Waals surface area contributed by atoms with Gasteiger partial charge in [0, 0.05) is 13.1 Å². The van der Waals surface area contributed by atoms with Gasteiger partial charge >= 0.3 is 5.97 Å². The van der Waals surface area contributed by atoms with Crippen LogP contribution < -0.4 is 0 Å². The summed E-state index contributed by atoms with van der Waals surface area (Å²) in [5.74, 6) is -2.26. The van der Waals surface area contributed by atoms with Gasteiger partial charge in [-0.1, -0.05) is 12.1 Å². The Morgan fingerprint density at radius 2 is 1.69 bits per heavy atom. The lowest BCUT2D eigenvalue weighted by Crippen LogP contribution is -2.44. The van der Waals surface area contributed by atoms with E-state index in [1.54, 1.807) is 32.9 Å². The number of ether oxygens (including phenoxy) is 1. The van der Waals surface area contributed by atoms with Crippen molar-refractivity contribution in [2.24, 2.45) is 0 Å². The molecule has 0 saturated heterocycles. The van der Waals surface area contributed by atoms with E-state index in [1.807, 2.05) is 25.1 Å². The van der Waals surface area contributed by atoms with Crippen LogP contribution in [0.3, 0.4) is 0 Å². The molecule has 0 radical (unpaired) electrons. The lowest BCUT2D eigenvalue weighted by atomic mass is 10.2. The van der Waals surface area contributed by atoms with Gasteiger partial charge in [-0.15, -0.1) is 0 Å². The molecule has 0 heterocycles. The van der Waals surface area contributed by atoms with Crippen molar-refractivity contribution in [1.29, 1.82) is 5.26 Å². The third kappa shape index (κ3) is 10.1. The van der Waals surface area contributed by atoms with Gasteiger partial charge < -0.3 is 14.5 Å². The van der Waals surface area contributed by atoms with Gasteiger partial charge in [-0.3, -0.25) is 9.59 Å². The molecule has 1 aromatic carbocycles. The molecule has 0 aromatic heterocycles. The van der Waals surface area contributed by atoms with E-state index in [-0.39, 0.29) is 18.8 Å². The molecule has 1 amide bonds. The molecule has 0 fully saturated rings. The normalized spacial score (nSPS) is 11.8. The second-order valence-corrected chi connectivity index (χ2v) is 10.1. The number of hydrogen-bond donors (Lipinski definition) is 0. The second kappa shape index (κ2) is 10.4. The summed E-state index contributed by atoms with van der Waals surface area (Å²) < 4.78 is 30.2. The minimum Gasteiger partial charge on any atom is -0.459 e. The topological polar surface area (TPSA) is 108 Å². The van der Waals surface area contributed by atoms with Crippen LogP contribution in [-0.2, 0) is 29.9 Å². The number of benzene rings is 1. The fourth-order valence-corrected chi connectivity index (χ4v) is 3.76. The Morgan fingerprint density at radius 1 is 1.10 bits per heavy atom. The maximum Gasteiger partial charge on any atom is 0.326 e. The van der Waals surface area contributed by atoms with E-state index in [9.17, 15) is 18.0 Å². The van der Waals surface area contributed by atoms with Gasteiger partial charge in [0.1, 0.15) is 17.9 Å². The fraction of sp³-hybridized carbons (Fsp3) is 0.550. The van der Waals surface area contributed by atoms with Crippen LogP contribution in [0.2, 0.25) is 0 Å². The van der Waals surface area contributed by atoms with Crippen LogP contribution in [0.15, 0.2) is 24.3 Å². The summed E-state index contributed by atoms with van der Waals surface area (Å²) >= 11 is 0. The second-order valence-electron chi connectivity index (χ2n) is 8.05. The highest BCUT2D eigenvalue weighted by molar-refractivity contribution is 7.91. The van der Waals surface area contributed by atoms with Crippen molar-refractivity contribution in [1.82, 2.24) is 9.80 Å². The summed E-state index contributed by atoms with van der Waals surface area (Å²) in [6.45, 7) is 5.54. The molecule has 1 rings (SSSR count). The van der Waals surface area contributed by atoms with E-state index in [4.69, 9.17) is 10.00 Å². The molecule has 160 valence electrons. The van der Waals surface area contributed by atoms with E-state index in [0.29, 0.717) is 17.7 Å². The van der Waals surface area contributed by atoms with Crippen LogP contribution in [0.1, 0.15) is 31.9 Å². The summed E-state index contributed by atoms with van der Waals surface area (Å²) in [4.78, 5) is 27.8. The van der Waals surface area contributed by atoms with E-state index < -0.39 is 33.1 Å². The summed E-state index contributed by atoms with van der Waals surface area (Å²) in [6, 6.07) is 8.11. The molecule has 0 spiro atoms. The van der Waals surface area contributed by atoms with Crippen molar-refractivity contribution in [3.05, 3.63) is 35.4 Å². The highest BCUT2D eigenvalue weighted by atomic mass is 32.2. The molecule has 1 aromatic rings. The molecule has 0 aliphatic rings. The molecule has 0 aliphatic heterocycles. The van der Waals surface area contributed by atoms with E-state index >= 15 is 0 Å². The molecule has 0 saturated carbocycles. The number of amides is 1. The van der Waals surface area contributed by atoms with Crippen LogP contribution in [0.25, 0.3) is 0 Å². The van der Waals surface area contributed by atoms with Gasteiger partial charge in [-0.2, -0.15) is 5.26 Å². The van der Waals surface area contributed by atoms with E-state index in [2.05, 4.69) is 0 Å². The summed E-state index contributed by atoms with van der Waals surface area (Å²) in [6.07, 6.45) is 0. The lowest BCUT2D eigenvalue weighted by Gasteiger charge is -2.26. The molecule has 29 heavy (non-hydrogen) atoms. The molecular weight excluding hydrogens is 394 g/mol. The van der Waals surface area contributed by atoms with E-state index in [1.165, 1.54) is 17.0 Å². The first-order valence-corrected chi connectivity index (χ1v) is 11.0. The standard InChI is InChI=1S/C20H29N3O5S/c1-20(2,3)28-19(25)13-23(11-10-22(4)5)18(24)15-29(26,27)14-17-8-6-16(12-21)7-9-17/h6-9H,10-11,13-15H2,1-5H3. The minimum absolute atomic E-state index is 0.206. The zero-order valence-electron chi connectivity index (χ0n) is 17.6. The summed E-state index contributed by atoms with van der Waals surface area (Å²) in [5.41, 5.74) is 0.216. The zero-order valence-corrected chi connectivity index (χ0v) is 18.5. The Kier molecular flexibility index (Phi) is 8.80. The molecule has 0 N–H and O–H groups in total. The first kappa shape index (κ1) is 24.6. The number of esters is 1. The number of nitriles is 1. The van der Waals surface area contributed by atoms with Gasteiger partial charge in [0.25, 0.3) is 0 Å². The molecular formula is C20H29N3O5S. The highest BCUT2D eigenvalue weighted by Gasteiger charge is 2.26. The Hall–Kier alpha value is -2.44. The number of rotatable bonds is 9. The third-order valence-corrected chi connectivity index (χ3v) is 5.18. The van der Waals surface area contributed by atoms with E-state index in [0.717, 1.165) is 0 Å². The Labute approximate surface area is 173 Å². The number of sulfone groups is 1. The predicted molar refractivity (Wildman–Crippen MR) is 110 cm³/mol. The van der Waals surface area contributed by atoms with Gasteiger partial charge in [-0.05, 0) is 52.6 Å². The van der Waals surface area contributed by atoms with Gasteiger partial charge in [0.05, 0.1) is 17.4 Å². The smallest absolute Gasteiger partial charge is 0.326 e. The fourth-order valence-electron chi connectivity index (χ4n) is 2.40. The van der Waals surface area contributed by atoms with Crippen LogP contribution in [-0.4, -0.2) is 75.2 Å². The monoisotopic (exact) mass is 423 g/mol. The van der Waals surface area contributed by atoms with Gasteiger partial charge in [-0.25, -0.2) is 8.42 Å². The summed E-state index contributed by atoms with van der Waals surface area (Å²) in [7, 11) is -0.113. The first-order chi connectivity index (χ1) is 13.3. The lowest BCUT2D eigenvalue weighted by molar-refractivity contribution is -0.158. The maximum atomic E-state index is 12.6. The molecule has 0 unspecified atom stereocenters. The average Bonchev–Trinajstić information content (AvgIpc) is 2.56. The molecule has 8 nitrogen and oxygen atoms in total. The van der Waals surface area contributed by atoms with Crippen LogP contribution >= 0.6 is 0 Å². The summed E-state index contributed by atoms with van der Waals surface area (Å²) in [5, 5.41) is 8.81. The first-order valence-electron chi connectivity index (χ1n) is 9.15. The van der Waals surface area contributed by atoms with Crippen molar-refractivity contribution < 1.29 is 22.7 Å². The van der Waals surface area contributed by atoms with Crippen molar-refractivity contribution in [3.63, 3.8) is 0 Å². The number of hydrogen-bond acceptors (Lipinski definition) is 7. The highest BCUT2D eigenvalue weighted by Crippen LogP contribution is 2.11. The quantitative estimate of drug-likeness (QED) is 0.549. The van der Waals surface area contributed by atoms with Crippen molar-refractivity contribution in [2.75, 3.05) is 39.5 Å². The number of carbonyl (C=O) groups excluding carboxylic acids is 2. The van der Waals surface area contributed by atoms with Crippen molar-refractivity contribution in [3.8, 4) is 6.07 Å². The Bertz CT molecular complexity index is 850. The number of likely N-dealkylation sites (N-methyl/N-ethyl adjacent to an activating group) is 1. The zero-order chi connectivity index (χ0) is 22.2. The van der Waals surface area contributed by atoms with Crippen molar-refractivity contribution in [2.45, 2.75) is 32.1 Å². The predicted octanol–water partition coefficient (Wildman–Crippen LogP) is 1.20. The van der Waals surface area contributed by atoms with Gasteiger partial charge in [0.2, 0.25) is 5.91 Å². The average molecular weight is 424 g/mol. The van der Waals surface area contributed by atoms with Crippen LogP contribution in [0.4, 0.5) is 0 Å². The SMILES string of the molecule is CN(C)CCN(CC(=O)OC(C)(C)C)C(=O)CS(=O)(=O)Cc1ccc(C#N)cc1. The van der Waals surface area contributed by atoms with Crippen LogP contribution in [0.5, 0.6) is 0 Å². The molecule has 0 bridgehead atoms. The third-order valence-electron chi connectivity index (χ3n) is 3.72. The van der Waals surface area contributed by atoms with Gasteiger partial charge in [0.15, 0.2) is 9.84 Å². The molecule has 0 aliphatic carbocycles. The Morgan fingerprint density at radius 3 is 2.17 bits per heavy atom. The Balaban J connectivity index is 2.84. The van der Waals surface area contributed by atoms with Crippen LogP contribution in [0, 0.1) is 11.3 Å². The molecule has 9 heteroatoms. The largest absolute Gasteiger partial charge is 0.459 e. The minimum atomic E-state index is -3.75. The maximum absolute atomic E-state index is 12.6. The number of carbonyl (C=O) groups is 2. The molecule has 0 atom stereocenters. The van der Waals surface area contributed by atoms with Crippen molar-refractivity contribution >= 4 is 21.7 Å².